The Bertz CT molecular complexity index is 420. The van der Waals surface area contributed by atoms with Gasteiger partial charge in [0.05, 0.1) is 0 Å². The Morgan fingerprint density at radius 3 is 2.67 bits per heavy atom. The highest BCUT2D eigenvalue weighted by Crippen LogP contribution is 2.22. The minimum atomic E-state index is 0.362. The van der Waals surface area contributed by atoms with E-state index in [1.165, 1.54) is 16.8 Å². The van der Waals surface area contributed by atoms with E-state index in [0.717, 1.165) is 0 Å². The Labute approximate surface area is 94.8 Å². The Morgan fingerprint density at radius 2 is 2.00 bits per heavy atom. The second-order valence-electron chi connectivity index (χ2n) is 3.73. The van der Waals surface area contributed by atoms with Crippen LogP contribution in [-0.2, 0) is 0 Å². The largest absolute Gasteiger partial charge is 0.378 e. The van der Waals surface area contributed by atoms with Crippen molar-refractivity contribution in [3.8, 4) is 0 Å². The van der Waals surface area contributed by atoms with Crippen LogP contribution in [0.4, 0.5) is 5.69 Å². The number of hydrogen-bond acceptors (Lipinski definition) is 2. The van der Waals surface area contributed by atoms with Gasteiger partial charge in [0.15, 0.2) is 0 Å². The van der Waals surface area contributed by atoms with E-state index in [-0.39, 0.29) is 0 Å². The molecule has 0 saturated carbocycles. The van der Waals surface area contributed by atoms with E-state index in [4.69, 9.17) is 0 Å². The molecule has 1 aromatic heterocycles. The second kappa shape index (κ2) is 4.49. The molecule has 0 spiro atoms. The Hall–Kier alpha value is -1.28. The third-order valence-electron chi connectivity index (χ3n) is 2.56. The van der Waals surface area contributed by atoms with Crippen LogP contribution in [-0.4, -0.2) is 0 Å². The molecule has 2 aromatic rings. The highest BCUT2D eigenvalue weighted by molar-refractivity contribution is 7.08. The number of nitrogens with one attached hydrogen (secondary N) is 1. The van der Waals surface area contributed by atoms with Crippen molar-refractivity contribution >= 4 is 17.0 Å². The number of anilines is 1. The van der Waals surface area contributed by atoms with Crippen LogP contribution >= 0.6 is 11.3 Å². The van der Waals surface area contributed by atoms with Crippen LogP contribution < -0.4 is 5.32 Å². The summed E-state index contributed by atoms with van der Waals surface area (Å²) in [6, 6.07) is 11.0. The SMILES string of the molecule is Cc1ccccc1C(C)Nc1ccsc1. The smallest absolute Gasteiger partial charge is 0.0488 e. The lowest BCUT2D eigenvalue weighted by Crippen LogP contribution is -2.07. The van der Waals surface area contributed by atoms with Crippen molar-refractivity contribution in [2.75, 3.05) is 5.32 Å². The first-order valence-corrected chi connectivity index (χ1v) is 6.06. The Morgan fingerprint density at radius 1 is 1.20 bits per heavy atom. The van der Waals surface area contributed by atoms with Gasteiger partial charge in [-0.3, -0.25) is 0 Å². The Kier molecular flexibility index (Phi) is 3.07. The van der Waals surface area contributed by atoms with Gasteiger partial charge in [0.25, 0.3) is 0 Å². The lowest BCUT2D eigenvalue weighted by Gasteiger charge is -2.16. The van der Waals surface area contributed by atoms with Crippen molar-refractivity contribution in [2.45, 2.75) is 19.9 Å². The molecule has 0 aliphatic rings. The van der Waals surface area contributed by atoms with E-state index in [2.05, 4.69) is 60.3 Å². The molecule has 1 N–H and O–H groups in total. The van der Waals surface area contributed by atoms with Crippen molar-refractivity contribution in [2.24, 2.45) is 0 Å². The molecule has 0 bridgehead atoms. The maximum Gasteiger partial charge on any atom is 0.0488 e. The molecule has 1 heterocycles. The van der Waals surface area contributed by atoms with Crippen molar-refractivity contribution in [1.29, 1.82) is 0 Å². The number of benzene rings is 1. The zero-order chi connectivity index (χ0) is 10.7. The van der Waals surface area contributed by atoms with Crippen LogP contribution in [0, 0.1) is 6.92 Å². The standard InChI is InChI=1S/C13H15NS/c1-10-5-3-4-6-13(10)11(2)14-12-7-8-15-9-12/h3-9,11,14H,1-2H3. The van der Waals surface area contributed by atoms with Gasteiger partial charge < -0.3 is 5.32 Å². The average Bonchev–Trinajstić information content (AvgIpc) is 2.71. The van der Waals surface area contributed by atoms with E-state index >= 15 is 0 Å². The average molecular weight is 217 g/mol. The summed E-state index contributed by atoms with van der Waals surface area (Å²) in [5, 5.41) is 7.71. The zero-order valence-corrected chi connectivity index (χ0v) is 9.84. The molecule has 0 saturated heterocycles. The summed E-state index contributed by atoms with van der Waals surface area (Å²) in [5.41, 5.74) is 3.91. The summed E-state index contributed by atoms with van der Waals surface area (Å²) in [6.07, 6.45) is 0. The fraction of sp³-hybridized carbons (Fsp3) is 0.231. The minimum absolute atomic E-state index is 0.362. The van der Waals surface area contributed by atoms with Crippen LogP contribution in [0.25, 0.3) is 0 Å². The molecule has 1 atom stereocenters. The maximum absolute atomic E-state index is 3.49. The molecule has 1 nitrogen and oxygen atoms in total. The summed E-state index contributed by atoms with van der Waals surface area (Å²) < 4.78 is 0. The lowest BCUT2D eigenvalue weighted by atomic mass is 10.0. The van der Waals surface area contributed by atoms with Gasteiger partial charge in [0.2, 0.25) is 0 Å². The van der Waals surface area contributed by atoms with Gasteiger partial charge in [-0.1, -0.05) is 24.3 Å². The van der Waals surface area contributed by atoms with Gasteiger partial charge in [-0.15, -0.1) is 0 Å². The van der Waals surface area contributed by atoms with E-state index in [0.29, 0.717) is 6.04 Å². The second-order valence-corrected chi connectivity index (χ2v) is 4.51. The van der Waals surface area contributed by atoms with E-state index < -0.39 is 0 Å². The van der Waals surface area contributed by atoms with Gasteiger partial charge in [-0.05, 0) is 36.4 Å². The van der Waals surface area contributed by atoms with E-state index in [9.17, 15) is 0 Å². The topological polar surface area (TPSA) is 12.0 Å². The minimum Gasteiger partial charge on any atom is -0.378 e. The molecule has 0 amide bonds. The maximum atomic E-state index is 3.49. The molecular weight excluding hydrogens is 202 g/mol. The summed E-state index contributed by atoms with van der Waals surface area (Å²) in [4.78, 5) is 0. The van der Waals surface area contributed by atoms with Gasteiger partial charge in [0.1, 0.15) is 0 Å². The van der Waals surface area contributed by atoms with Gasteiger partial charge in [0, 0.05) is 17.1 Å². The predicted molar refractivity (Wildman–Crippen MR) is 67.5 cm³/mol. The number of hydrogen-bond donors (Lipinski definition) is 1. The van der Waals surface area contributed by atoms with E-state index in [1.807, 2.05) is 0 Å². The molecule has 0 radical (unpaired) electrons. The molecule has 15 heavy (non-hydrogen) atoms. The summed E-state index contributed by atoms with van der Waals surface area (Å²) in [6.45, 7) is 4.35. The summed E-state index contributed by atoms with van der Waals surface area (Å²) in [7, 11) is 0. The zero-order valence-electron chi connectivity index (χ0n) is 9.03. The first kappa shape index (κ1) is 10.2. The highest BCUT2D eigenvalue weighted by atomic mass is 32.1. The van der Waals surface area contributed by atoms with Crippen LogP contribution in [0.3, 0.4) is 0 Å². The molecule has 0 aliphatic heterocycles. The number of thiophene rings is 1. The highest BCUT2D eigenvalue weighted by Gasteiger charge is 2.07. The molecule has 1 aromatic carbocycles. The molecule has 2 rings (SSSR count). The molecule has 0 aliphatic carbocycles. The van der Waals surface area contributed by atoms with Gasteiger partial charge >= 0.3 is 0 Å². The monoisotopic (exact) mass is 217 g/mol. The third kappa shape index (κ3) is 2.39. The van der Waals surface area contributed by atoms with Crippen LogP contribution in [0.5, 0.6) is 0 Å². The fourth-order valence-electron chi connectivity index (χ4n) is 1.75. The molecule has 0 fully saturated rings. The quantitative estimate of drug-likeness (QED) is 0.811. The summed E-state index contributed by atoms with van der Waals surface area (Å²) >= 11 is 1.72. The summed E-state index contributed by atoms with van der Waals surface area (Å²) in [5.74, 6) is 0. The molecule has 2 heteroatoms. The van der Waals surface area contributed by atoms with Crippen LogP contribution in [0.15, 0.2) is 41.1 Å². The number of aryl methyl sites for hydroxylation is 1. The van der Waals surface area contributed by atoms with Crippen molar-refractivity contribution in [1.82, 2.24) is 0 Å². The molecule has 1 unspecified atom stereocenters. The van der Waals surface area contributed by atoms with Crippen LogP contribution in [0.2, 0.25) is 0 Å². The number of rotatable bonds is 3. The molecule has 78 valence electrons. The first-order valence-electron chi connectivity index (χ1n) is 5.11. The predicted octanol–water partition coefficient (Wildman–Crippen LogP) is 4.23. The van der Waals surface area contributed by atoms with Crippen molar-refractivity contribution in [3.05, 3.63) is 52.2 Å². The van der Waals surface area contributed by atoms with Gasteiger partial charge in [-0.25, -0.2) is 0 Å². The van der Waals surface area contributed by atoms with Crippen molar-refractivity contribution < 1.29 is 0 Å². The van der Waals surface area contributed by atoms with E-state index in [1.54, 1.807) is 11.3 Å². The van der Waals surface area contributed by atoms with Gasteiger partial charge in [-0.2, -0.15) is 11.3 Å². The van der Waals surface area contributed by atoms with Crippen LogP contribution in [0.1, 0.15) is 24.1 Å². The molecular formula is C13H15NS. The lowest BCUT2D eigenvalue weighted by molar-refractivity contribution is 0.875. The first-order chi connectivity index (χ1) is 7.27. The third-order valence-corrected chi connectivity index (χ3v) is 3.24. The fourth-order valence-corrected chi connectivity index (χ4v) is 2.34. The Balaban J connectivity index is 2.15. The van der Waals surface area contributed by atoms with Crippen molar-refractivity contribution in [3.63, 3.8) is 0 Å². The normalized spacial score (nSPS) is 12.4.